The first-order valence-corrected chi connectivity index (χ1v) is 9.06. The van der Waals surface area contributed by atoms with Crippen LogP contribution in [0.1, 0.15) is 11.1 Å². The Kier molecular flexibility index (Phi) is 3.95. The second-order valence-corrected chi connectivity index (χ2v) is 7.68. The molecule has 2 aromatic carbocycles. The summed E-state index contributed by atoms with van der Waals surface area (Å²) in [6.45, 7) is 3.16. The average molecular weight is 363 g/mol. The summed E-state index contributed by atoms with van der Waals surface area (Å²) in [4.78, 5) is 12.1. The van der Waals surface area contributed by atoms with Gasteiger partial charge in [-0.3, -0.25) is 13.9 Å². The molecule has 0 unspecified atom stereocenters. The van der Waals surface area contributed by atoms with Crippen molar-refractivity contribution in [2.75, 3.05) is 4.72 Å². The maximum absolute atomic E-state index is 13.7. The van der Waals surface area contributed by atoms with Crippen LogP contribution >= 0.6 is 0 Å². The molecule has 0 atom stereocenters. The van der Waals surface area contributed by atoms with Gasteiger partial charge in [0.1, 0.15) is 5.82 Å². The zero-order valence-corrected chi connectivity index (χ0v) is 15.1. The largest absolute Gasteiger partial charge is 0.328 e. The van der Waals surface area contributed by atoms with Crippen LogP contribution in [0.3, 0.4) is 0 Å². The van der Waals surface area contributed by atoms with Crippen LogP contribution < -0.4 is 10.4 Å². The zero-order chi connectivity index (χ0) is 18.5. The van der Waals surface area contributed by atoms with Gasteiger partial charge in [0.25, 0.3) is 10.0 Å². The lowest BCUT2D eigenvalue weighted by Crippen LogP contribution is -2.19. The maximum Gasteiger partial charge on any atom is 0.328 e. The van der Waals surface area contributed by atoms with Crippen molar-refractivity contribution >= 4 is 26.7 Å². The lowest BCUT2D eigenvalue weighted by molar-refractivity contribution is 0.600. The summed E-state index contributed by atoms with van der Waals surface area (Å²) >= 11 is 0. The molecule has 3 aromatic rings. The fraction of sp³-hybridized carbons (Fsp3) is 0.235. The molecule has 0 bridgehead atoms. The third kappa shape index (κ3) is 2.72. The molecule has 132 valence electrons. The molecule has 0 aliphatic rings. The van der Waals surface area contributed by atoms with Crippen LogP contribution in [0.4, 0.5) is 10.1 Å². The maximum atomic E-state index is 13.7. The van der Waals surface area contributed by atoms with Crippen molar-refractivity contribution in [1.29, 1.82) is 0 Å². The molecular formula is C17H18FN3O3S. The number of benzene rings is 2. The first-order valence-electron chi connectivity index (χ1n) is 7.57. The van der Waals surface area contributed by atoms with Crippen molar-refractivity contribution in [3.8, 4) is 0 Å². The molecule has 0 spiro atoms. The molecule has 8 heteroatoms. The number of halogens is 1. The summed E-state index contributed by atoms with van der Waals surface area (Å²) in [5.74, 6) is -0.488. The number of nitrogens with zero attached hydrogens (tertiary/aromatic N) is 2. The van der Waals surface area contributed by atoms with Crippen molar-refractivity contribution in [3.05, 3.63) is 57.8 Å². The van der Waals surface area contributed by atoms with E-state index in [0.29, 0.717) is 16.6 Å². The van der Waals surface area contributed by atoms with E-state index in [1.165, 1.54) is 40.3 Å². The standard InChI is InChI=1S/C17H18FN3O3S/c1-10-8-14-15(21(4)17(22)20(14)3)9-16(10)25(23,24)19-13-7-5-6-12(18)11(13)2/h5-9,19H,1-4H3. The number of rotatable bonds is 3. The van der Waals surface area contributed by atoms with E-state index >= 15 is 0 Å². The minimum absolute atomic E-state index is 0.0462. The van der Waals surface area contributed by atoms with Crippen LogP contribution in [0, 0.1) is 19.7 Å². The molecule has 0 aliphatic carbocycles. The highest BCUT2D eigenvalue weighted by atomic mass is 32.2. The SMILES string of the molecule is Cc1cc2c(cc1S(=O)(=O)Nc1cccc(F)c1C)n(C)c(=O)n2C. The third-order valence-electron chi connectivity index (χ3n) is 4.37. The highest BCUT2D eigenvalue weighted by molar-refractivity contribution is 7.92. The Morgan fingerprint density at radius 3 is 2.28 bits per heavy atom. The number of fused-ring (bicyclic) bond motifs is 1. The van der Waals surface area contributed by atoms with Crippen LogP contribution in [0.25, 0.3) is 11.0 Å². The Morgan fingerprint density at radius 1 is 1.04 bits per heavy atom. The number of aryl methyl sites for hydroxylation is 3. The third-order valence-corrected chi connectivity index (χ3v) is 5.88. The highest BCUT2D eigenvalue weighted by Crippen LogP contribution is 2.26. The van der Waals surface area contributed by atoms with Gasteiger partial charge in [0.2, 0.25) is 0 Å². The molecule has 3 rings (SSSR count). The second kappa shape index (κ2) is 5.73. The number of nitrogens with one attached hydrogen (secondary N) is 1. The van der Waals surface area contributed by atoms with E-state index in [9.17, 15) is 17.6 Å². The molecule has 1 heterocycles. The molecule has 0 saturated heterocycles. The Hall–Kier alpha value is -2.61. The molecular weight excluding hydrogens is 345 g/mol. The van der Waals surface area contributed by atoms with Gasteiger partial charge in [-0.15, -0.1) is 0 Å². The van der Waals surface area contributed by atoms with Gasteiger partial charge in [-0.1, -0.05) is 6.07 Å². The van der Waals surface area contributed by atoms with Gasteiger partial charge in [-0.25, -0.2) is 17.6 Å². The Labute approximate surface area is 144 Å². The van der Waals surface area contributed by atoms with Crippen LogP contribution in [0.2, 0.25) is 0 Å². The normalized spacial score (nSPS) is 11.9. The molecule has 1 N–H and O–H groups in total. The summed E-state index contributed by atoms with van der Waals surface area (Å²) in [7, 11) is -0.721. The molecule has 6 nitrogen and oxygen atoms in total. The van der Waals surface area contributed by atoms with E-state index in [1.54, 1.807) is 27.1 Å². The summed E-state index contributed by atoms with van der Waals surface area (Å²) in [6.07, 6.45) is 0. The topological polar surface area (TPSA) is 73.1 Å². The summed E-state index contributed by atoms with van der Waals surface area (Å²) in [5, 5.41) is 0. The Bertz CT molecular complexity index is 1160. The molecule has 0 amide bonds. The number of hydrogen-bond acceptors (Lipinski definition) is 3. The zero-order valence-electron chi connectivity index (χ0n) is 14.3. The molecule has 0 aliphatic heterocycles. The van der Waals surface area contributed by atoms with E-state index in [-0.39, 0.29) is 21.8 Å². The Morgan fingerprint density at radius 2 is 1.64 bits per heavy atom. The summed E-state index contributed by atoms with van der Waals surface area (Å²) in [5.41, 5.74) is 1.81. The van der Waals surface area contributed by atoms with E-state index in [2.05, 4.69) is 4.72 Å². The predicted molar refractivity (Wildman–Crippen MR) is 94.8 cm³/mol. The Balaban J connectivity index is 2.17. The van der Waals surface area contributed by atoms with Gasteiger partial charge < -0.3 is 0 Å². The first kappa shape index (κ1) is 17.2. The highest BCUT2D eigenvalue weighted by Gasteiger charge is 2.21. The van der Waals surface area contributed by atoms with Crippen molar-refractivity contribution in [2.24, 2.45) is 14.1 Å². The number of imidazole rings is 1. The smallest absolute Gasteiger partial charge is 0.295 e. The number of anilines is 1. The molecule has 0 saturated carbocycles. The molecule has 1 aromatic heterocycles. The van der Waals surface area contributed by atoms with E-state index in [1.807, 2.05) is 0 Å². The quantitative estimate of drug-likeness (QED) is 0.777. The lowest BCUT2D eigenvalue weighted by atomic mass is 10.2. The van der Waals surface area contributed by atoms with E-state index in [4.69, 9.17) is 0 Å². The monoisotopic (exact) mass is 363 g/mol. The van der Waals surface area contributed by atoms with Crippen molar-refractivity contribution in [2.45, 2.75) is 18.7 Å². The molecule has 25 heavy (non-hydrogen) atoms. The van der Waals surface area contributed by atoms with Crippen LogP contribution in [-0.2, 0) is 24.1 Å². The molecule has 0 radical (unpaired) electrons. The number of sulfonamides is 1. The number of aromatic nitrogens is 2. The minimum Gasteiger partial charge on any atom is -0.295 e. The summed E-state index contributed by atoms with van der Waals surface area (Å²) < 4.78 is 44.6. The molecule has 0 fully saturated rings. The van der Waals surface area contributed by atoms with Gasteiger partial charge in [-0.2, -0.15) is 0 Å². The van der Waals surface area contributed by atoms with Crippen LogP contribution in [0.15, 0.2) is 40.0 Å². The van der Waals surface area contributed by atoms with Gasteiger partial charge >= 0.3 is 5.69 Å². The van der Waals surface area contributed by atoms with Crippen molar-refractivity contribution in [1.82, 2.24) is 9.13 Å². The van der Waals surface area contributed by atoms with E-state index in [0.717, 1.165) is 0 Å². The first-order chi connectivity index (χ1) is 11.6. The second-order valence-electron chi connectivity index (χ2n) is 6.02. The van der Waals surface area contributed by atoms with E-state index < -0.39 is 15.8 Å². The average Bonchev–Trinajstić information content (AvgIpc) is 2.75. The summed E-state index contributed by atoms with van der Waals surface area (Å²) in [6, 6.07) is 7.33. The minimum atomic E-state index is -3.94. The fourth-order valence-electron chi connectivity index (χ4n) is 2.84. The van der Waals surface area contributed by atoms with Crippen molar-refractivity contribution < 1.29 is 12.8 Å². The van der Waals surface area contributed by atoms with Crippen LogP contribution in [0.5, 0.6) is 0 Å². The van der Waals surface area contributed by atoms with Gasteiger partial charge in [0.15, 0.2) is 0 Å². The van der Waals surface area contributed by atoms with Gasteiger partial charge in [0, 0.05) is 19.7 Å². The predicted octanol–water partition coefficient (Wildman–Crippen LogP) is 2.43. The van der Waals surface area contributed by atoms with Gasteiger partial charge in [0.05, 0.1) is 21.6 Å². The van der Waals surface area contributed by atoms with Crippen molar-refractivity contribution in [3.63, 3.8) is 0 Å². The lowest BCUT2D eigenvalue weighted by Gasteiger charge is -2.13. The van der Waals surface area contributed by atoms with Gasteiger partial charge in [-0.05, 0) is 43.7 Å². The number of hydrogen-bond donors (Lipinski definition) is 1. The fourth-order valence-corrected chi connectivity index (χ4v) is 4.21. The van der Waals surface area contributed by atoms with Crippen LogP contribution in [-0.4, -0.2) is 17.6 Å².